The average molecular weight is 1470 g/mol. The summed E-state index contributed by atoms with van der Waals surface area (Å²) >= 11 is 28.4. The molecule has 0 saturated carbocycles. The number of carbonyl (C=O) groups excluding carboxylic acids is 1. The van der Waals surface area contributed by atoms with E-state index in [2.05, 4.69) is 71.2 Å². The van der Waals surface area contributed by atoms with Crippen LogP contribution in [0.3, 0.4) is 0 Å². The molecule has 11 rings (SSSR count). The third-order valence-corrected chi connectivity index (χ3v) is 13.7. The van der Waals surface area contributed by atoms with Gasteiger partial charge in [0.1, 0.15) is 43.3 Å². The Bertz CT molecular complexity index is 4850. The fourth-order valence-electron chi connectivity index (χ4n) is 7.53. The van der Waals surface area contributed by atoms with Gasteiger partial charge in [0.15, 0.2) is 60.4 Å². The summed E-state index contributed by atoms with van der Waals surface area (Å²) in [6.07, 6.45) is 2.86. The minimum atomic E-state index is -2.43. The van der Waals surface area contributed by atoms with E-state index in [-0.39, 0.29) is 99.5 Å². The molecule has 0 radical (unpaired) electrons. The molecule has 0 aliphatic carbocycles. The third-order valence-electron chi connectivity index (χ3n) is 12.5. The molecule has 25 nitrogen and oxygen atoms in total. The first kappa shape index (κ1) is 64.8. The van der Waals surface area contributed by atoms with Crippen molar-refractivity contribution >= 4 is 81.2 Å². The number of ether oxygens (including phenoxy) is 1. The van der Waals surface area contributed by atoms with Gasteiger partial charge in [-0.3, -0.25) is 15.0 Å². The number of rotatable bonds is 9. The number of aliphatic hydroxyl groups is 1. The number of halogens is 8. The molecule has 1 amide bonds. The Kier molecular flexibility index (Phi) is 24.7. The monoisotopic (exact) mass is 1470 g/mol. The van der Waals surface area contributed by atoms with Crippen molar-refractivity contribution in [2.24, 2.45) is 11.3 Å². The predicted octanol–water partition coefficient (Wildman–Crippen LogP) is 10.6. The number of amides is 1. The molecule has 0 fully saturated rings. The Labute approximate surface area is 629 Å². The zero-order valence-electron chi connectivity index (χ0n) is 67.6. The van der Waals surface area contributed by atoms with Crippen molar-refractivity contribution in [1.82, 2.24) is 95.0 Å². The molecular weight excluding hydrogens is 1390 g/mol. The Morgan fingerprint density at radius 2 is 1.03 bits per heavy atom. The molecule has 3 aromatic carbocycles. The number of carboxylic acids is 1. The maximum atomic E-state index is 14.4. The van der Waals surface area contributed by atoms with Crippen LogP contribution in [0.2, 0.25) is 25.8 Å². The molecule has 0 aliphatic rings. The molecule has 518 valence electrons. The first-order valence-electron chi connectivity index (χ1n) is 34.5. The normalized spacial score (nSPS) is 13.4. The van der Waals surface area contributed by atoms with Crippen LogP contribution in [-0.4, -0.2) is 112 Å². The summed E-state index contributed by atoms with van der Waals surface area (Å²) in [5, 5.41) is 64.7. The van der Waals surface area contributed by atoms with Crippen molar-refractivity contribution in [2.45, 2.75) is 139 Å². The summed E-state index contributed by atoms with van der Waals surface area (Å²) in [6, 6.07) is 25.6. The van der Waals surface area contributed by atoms with Crippen molar-refractivity contribution in [1.29, 1.82) is 0 Å². The molecule has 0 unspecified atom stereocenters. The van der Waals surface area contributed by atoms with E-state index in [1.807, 2.05) is 19.3 Å². The zero-order valence-corrected chi connectivity index (χ0v) is 60.3. The molecule has 0 spiro atoms. The second kappa shape index (κ2) is 37.3. The first-order valence-corrected chi connectivity index (χ1v) is 30.4. The average Bonchev–Trinajstić information content (AvgIpc) is 1.69. The van der Waals surface area contributed by atoms with Gasteiger partial charge in [-0.05, 0) is 123 Å². The smallest absolute Gasteiger partial charge is 1.00 e. The number of aromatic nitrogens is 18. The van der Waals surface area contributed by atoms with Crippen LogP contribution in [0.4, 0.5) is 13.2 Å². The number of aliphatic carboxylic acids is 1. The Balaban J connectivity index is 0.000000357. The summed E-state index contributed by atoms with van der Waals surface area (Å²) in [4.78, 5) is 29.1. The number of benzene rings is 3. The van der Waals surface area contributed by atoms with Gasteiger partial charge in [0.2, 0.25) is 5.88 Å². The molecule has 0 aliphatic heterocycles. The largest absolute Gasteiger partial charge is 1.00 e. The summed E-state index contributed by atoms with van der Waals surface area (Å²) in [5.41, 5.74) is -1.41. The van der Waals surface area contributed by atoms with E-state index in [9.17, 15) is 22.8 Å². The number of nitrogen functional groups attached to an aromatic ring is 1. The minimum absolute atomic E-state index is 0. The molecule has 0 bridgehead atoms. The number of hydrogen-bond donors (Lipinski definition) is 4. The van der Waals surface area contributed by atoms with Crippen LogP contribution in [0, 0.1) is 22.9 Å². The number of carbonyl (C=O) groups is 2. The number of carboxylic acid groups (broad SMARTS) is 1. The summed E-state index contributed by atoms with van der Waals surface area (Å²) in [6.45, 7) is 7.79. The molecule has 34 heteroatoms. The minimum Gasteiger partial charge on any atom is -1.00 e. The fourth-order valence-corrected chi connectivity index (χ4v) is 8.57. The molecule has 5 N–H and O–H groups in total. The molecule has 8 aromatic heterocycles. The molecule has 0 atom stereocenters. The first-order chi connectivity index (χ1) is 50.5. The topological polar surface area (TPSA) is 321 Å². The number of hydrazine groups is 1. The van der Waals surface area contributed by atoms with Gasteiger partial charge in [0.05, 0.1) is 22.1 Å². The van der Waals surface area contributed by atoms with Crippen molar-refractivity contribution in [2.75, 3.05) is 0 Å². The Hall–Kier alpha value is -7.90. The van der Waals surface area contributed by atoms with Crippen molar-refractivity contribution < 1.29 is 85.1 Å². The van der Waals surface area contributed by atoms with Crippen LogP contribution in [0.5, 0.6) is 5.88 Å². The SMILES string of the molecule is CCn1ncnc1CO.Clc1ccc(Cl)nn1.NNC(=O)c1ccccc1F.[2H]C([2H])([2H])C(C)(C)C(=O)O.[2H]C([2H])([2H])C(C)(C)c1cc(Cl)nnc1Cl.[2H]C([2H])([2H])C(C)(C)c1cc2nnc(-c3ccccc3F)n2nc1Cl.[2H]C([2H])([2H])C(C)(C)c1cc2nnc(-c3ccccc3F)n2nc1OCc1ncnn1CC.[H-].[Na+]. The van der Waals surface area contributed by atoms with E-state index >= 15 is 0 Å². The van der Waals surface area contributed by atoms with Crippen LogP contribution in [0.1, 0.15) is 153 Å². The van der Waals surface area contributed by atoms with E-state index in [4.69, 9.17) is 95.2 Å². The second-order valence-electron chi connectivity index (χ2n) is 22.0. The van der Waals surface area contributed by atoms with Gasteiger partial charge in [0.25, 0.3) is 5.91 Å². The van der Waals surface area contributed by atoms with E-state index < -0.39 is 78.4 Å². The van der Waals surface area contributed by atoms with Crippen LogP contribution in [-0.2, 0) is 47.3 Å². The number of nitrogens with one attached hydrogen (secondary N) is 1. The third kappa shape index (κ3) is 23.9. The standard InChI is InChI=1S/C20H22FN7O.C15H14ClFN4.C8H10Cl2N2.C7H7FN2O.C5H9N3O.C5H10O2.C4H2Cl2N2.Na.H/c1-5-27-17(22-12-23-27)11-29-19-14(20(2,3)4)10-16-24-25-18(28(16)26-19)13-8-6-7-9-15(13)21;1-15(2,3)10-8-12-18-19-14(21(12)20-13(10)16)9-6-4-5-7-11(9)17;1-8(2,3)5-4-6(9)11-12-7(5)10;8-6-4-2-1-3-5(6)7(11)10-9;1-2-8-5(3-9)6-4-7-8;1-5(2,3)4(6)7;5-3-1-2-4(6)8-7-3;;/h6-10,12H,5,11H2,1-4H3;4-8H,1-3H3;4H,1-3H3;1-4H,9H2,(H,10,11);4,9H,2-3H2,1H3;1-3H3,(H,6,7);1-2H;;/q;;;;;;;+1;-1/i2D3;2*1D3;;;1D3;;;. The van der Waals surface area contributed by atoms with Gasteiger partial charge >= 0.3 is 35.5 Å². The number of hydrogen-bond acceptors (Lipinski definition) is 19. The quantitative estimate of drug-likeness (QED) is 0.0451. The van der Waals surface area contributed by atoms with Gasteiger partial charge in [-0.15, -0.1) is 45.9 Å². The van der Waals surface area contributed by atoms with Crippen LogP contribution >= 0.6 is 58.0 Å². The van der Waals surface area contributed by atoms with E-state index in [1.54, 1.807) is 112 Å². The summed E-state index contributed by atoms with van der Waals surface area (Å²) in [7, 11) is 0. The Morgan fingerprint density at radius 1 is 0.582 bits per heavy atom. The van der Waals surface area contributed by atoms with Crippen LogP contribution in [0.25, 0.3) is 34.1 Å². The van der Waals surface area contributed by atoms with Crippen molar-refractivity contribution in [3.05, 3.63) is 193 Å². The molecule has 0 saturated heterocycles. The fraction of sp³-hybridized carbons (Fsp3) is 0.344. The molecule has 11 aromatic rings. The number of aryl methyl sites for hydroxylation is 2. The summed E-state index contributed by atoms with van der Waals surface area (Å²) in [5.74, 6) is 3.00. The number of fused-ring (bicyclic) bond motifs is 2. The second-order valence-corrected chi connectivity index (χ2v) is 23.9. The van der Waals surface area contributed by atoms with Crippen molar-refractivity contribution in [3.63, 3.8) is 0 Å². The molecule has 8 heterocycles. The maximum Gasteiger partial charge on any atom is 1.00 e. The predicted molar refractivity (Wildman–Crippen MR) is 365 cm³/mol. The van der Waals surface area contributed by atoms with E-state index in [0.717, 1.165) is 6.54 Å². The van der Waals surface area contributed by atoms with Gasteiger partial charge in [0, 0.05) is 40.7 Å². The van der Waals surface area contributed by atoms with Crippen LogP contribution in [0.15, 0.2) is 116 Å². The maximum absolute atomic E-state index is 14.4. The molecule has 98 heavy (non-hydrogen) atoms. The Morgan fingerprint density at radius 3 is 1.47 bits per heavy atom. The number of aliphatic hydroxyl groups excluding tert-OH is 1. The van der Waals surface area contributed by atoms with Crippen LogP contribution < -0.4 is 45.6 Å². The van der Waals surface area contributed by atoms with E-state index in [0.29, 0.717) is 50.8 Å². The number of nitrogens with zero attached hydrogens (tertiary/aromatic N) is 18. The zero-order chi connectivity index (χ0) is 82.2. The molecular formula is C64H75Cl5F3N20NaO5. The van der Waals surface area contributed by atoms with Crippen molar-refractivity contribution in [3.8, 4) is 28.7 Å². The van der Waals surface area contributed by atoms with Gasteiger partial charge < -0.3 is 16.4 Å². The summed E-state index contributed by atoms with van der Waals surface area (Å²) < 4.78 is 143. The number of nitrogens with two attached hydrogens (primary N) is 1. The van der Waals surface area contributed by atoms with Gasteiger partial charge in [-0.25, -0.2) is 38.3 Å². The van der Waals surface area contributed by atoms with E-state index in [1.165, 1.54) is 78.0 Å². The van der Waals surface area contributed by atoms with Gasteiger partial charge in [-0.1, -0.05) is 157 Å². The van der Waals surface area contributed by atoms with Gasteiger partial charge in [-0.2, -0.15) is 24.3 Å².